The van der Waals surface area contributed by atoms with E-state index in [4.69, 9.17) is 4.74 Å². The molecule has 4 aromatic rings. The normalized spacial score (nSPS) is 10.9. The van der Waals surface area contributed by atoms with Gasteiger partial charge >= 0.3 is 0 Å². The number of pyridine rings is 2. The summed E-state index contributed by atoms with van der Waals surface area (Å²) < 4.78 is 28.3. The lowest BCUT2D eigenvalue weighted by Gasteiger charge is -2.08. The second-order valence-electron chi connectivity index (χ2n) is 6.57. The Morgan fingerprint density at radius 2 is 1.77 bits per heavy atom. The summed E-state index contributed by atoms with van der Waals surface area (Å²) >= 11 is 0. The van der Waals surface area contributed by atoms with E-state index in [-0.39, 0.29) is 4.90 Å². The molecule has 4 rings (SSSR count). The maximum absolute atomic E-state index is 11.6. The minimum Gasteiger partial charge on any atom is -0.481 e. The number of aromatic nitrogens is 4. The Morgan fingerprint density at radius 1 is 0.968 bits per heavy atom. The largest absolute Gasteiger partial charge is 0.481 e. The fraction of sp³-hybridized carbons (Fsp3) is 0.0909. The lowest BCUT2D eigenvalue weighted by molar-refractivity contribution is 0.396. The van der Waals surface area contributed by atoms with Gasteiger partial charge in [-0.25, -0.2) is 28.4 Å². The Morgan fingerprint density at radius 3 is 2.52 bits per heavy atom. The molecular weight excluding hydrogens is 414 g/mol. The van der Waals surface area contributed by atoms with Crippen molar-refractivity contribution in [1.29, 1.82) is 0 Å². The molecule has 3 heterocycles. The van der Waals surface area contributed by atoms with Crippen LogP contribution in [0.15, 0.2) is 66.1 Å². The molecular formula is C22H17N5O3S. The van der Waals surface area contributed by atoms with Gasteiger partial charge in [-0.05, 0) is 48.2 Å². The minimum atomic E-state index is -3.24. The van der Waals surface area contributed by atoms with E-state index in [9.17, 15) is 8.42 Å². The Labute approximate surface area is 179 Å². The monoisotopic (exact) mass is 431 g/mol. The molecule has 0 atom stereocenters. The molecule has 1 N–H and O–H groups in total. The molecule has 0 fully saturated rings. The van der Waals surface area contributed by atoms with Crippen LogP contribution in [0.5, 0.6) is 5.88 Å². The standard InChI is InChI=1S/C22H17N5O3S/c1-30-22-11-17(25-14-26-22)5-8-20-19-12-21(24-13-15(19)9-10-23-20)27-16-3-6-18(7-4-16)31(2,28)29/h3-4,6-7,9-14H,1-2H3,(H,24,27). The first kappa shape index (κ1) is 20.3. The topological polar surface area (TPSA) is 107 Å². The van der Waals surface area contributed by atoms with Crippen LogP contribution in [0.2, 0.25) is 0 Å². The molecule has 0 radical (unpaired) electrons. The zero-order valence-corrected chi connectivity index (χ0v) is 17.5. The van der Waals surface area contributed by atoms with Gasteiger partial charge in [0.05, 0.1) is 12.0 Å². The number of benzene rings is 1. The van der Waals surface area contributed by atoms with Gasteiger partial charge in [-0.2, -0.15) is 0 Å². The first-order valence-corrected chi connectivity index (χ1v) is 11.0. The van der Waals surface area contributed by atoms with Crippen LogP contribution in [-0.2, 0) is 9.84 Å². The first-order chi connectivity index (χ1) is 14.9. The zero-order valence-electron chi connectivity index (χ0n) is 16.7. The summed E-state index contributed by atoms with van der Waals surface area (Å²) in [6, 6.07) is 11.8. The third-order valence-corrected chi connectivity index (χ3v) is 5.49. The molecule has 9 heteroatoms. The number of hydrogen-bond donors (Lipinski definition) is 1. The second-order valence-corrected chi connectivity index (χ2v) is 8.58. The van der Waals surface area contributed by atoms with Crippen molar-refractivity contribution in [3.63, 3.8) is 0 Å². The second kappa shape index (κ2) is 8.38. The molecule has 0 saturated carbocycles. The molecule has 1 aromatic carbocycles. The van der Waals surface area contributed by atoms with Crippen molar-refractivity contribution in [3.8, 4) is 17.7 Å². The van der Waals surface area contributed by atoms with Crippen molar-refractivity contribution in [3.05, 3.63) is 72.6 Å². The molecule has 8 nitrogen and oxygen atoms in total. The molecule has 3 aromatic heterocycles. The van der Waals surface area contributed by atoms with Crippen molar-refractivity contribution in [1.82, 2.24) is 19.9 Å². The summed E-state index contributed by atoms with van der Waals surface area (Å²) in [7, 11) is -1.71. The van der Waals surface area contributed by atoms with Crippen molar-refractivity contribution in [2.24, 2.45) is 0 Å². The highest BCUT2D eigenvalue weighted by atomic mass is 32.2. The molecule has 0 aliphatic rings. The summed E-state index contributed by atoms with van der Waals surface area (Å²) in [5.41, 5.74) is 1.81. The van der Waals surface area contributed by atoms with Gasteiger partial charge in [0.2, 0.25) is 5.88 Å². The smallest absolute Gasteiger partial charge is 0.217 e. The highest BCUT2D eigenvalue weighted by molar-refractivity contribution is 7.90. The predicted octanol–water partition coefficient (Wildman–Crippen LogP) is 2.98. The van der Waals surface area contributed by atoms with Crippen molar-refractivity contribution < 1.29 is 13.2 Å². The van der Waals surface area contributed by atoms with Crippen LogP contribution in [0.3, 0.4) is 0 Å². The third-order valence-electron chi connectivity index (χ3n) is 4.36. The molecule has 0 spiro atoms. The van der Waals surface area contributed by atoms with E-state index in [1.165, 1.54) is 19.7 Å². The number of nitrogens with zero attached hydrogens (tertiary/aromatic N) is 4. The zero-order chi connectivity index (χ0) is 21.8. The number of sulfone groups is 1. The van der Waals surface area contributed by atoms with Crippen molar-refractivity contribution in [2.45, 2.75) is 4.90 Å². The summed E-state index contributed by atoms with van der Waals surface area (Å²) in [6.07, 6.45) is 5.96. The number of rotatable bonds is 4. The van der Waals surface area contributed by atoms with Gasteiger partial charge in [-0.1, -0.05) is 0 Å². The van der Waals surface area contributed by atoms with E-state index < -0.39 is 9.84 Å². The van der Waals surface area contributed by atoms with Crippen LogP contribution < -0.4 is 10.1 Å². The Hall–Kier alpha value is -4.03. The molecule has 0 saturated heterocycles. The van der Waals surface area contributed by atoms with Crippen LogP contribution >= 0.6 is 0 Å². The van der Waals surface area contributed by atoms with E-state index >= 15 is 0 Å². The molecule has 154 valence electrons. The first-order valence-electron chi connectivity index (χ1n) is 9.12. The van der Waals surface area contributed by atoms with E-state index in [0.29, 0.717) is 28.8 Å². The van der Waals surface area contributed by atoms with Crippen molar-refractivity contribution >= 4 is 32.1 Å². The van der Waals surface area contributed by atoms with Gasteiger partial charge in [0.25, 0.3) is 0 Å². The highest BCUT2D eigenvalue weighted by Crippen LogP contribution is 2.22. The number of fused-ring (bicyclic) bond motifs is 1. The number of anilines is 2. The Bertz CT molecular complexity index is 1430. The van der Waals surface area contributed by atoms with Gasteiger partial charge in [0.15, 0.2) is 9.84 Å². The van der Waals surface area contributed by atoms with E-state index in [0.717, 1.165) is 10.8 Å². The average Bonchev–Trinajstić information content (AvgIpc) is 2.77. The van der Waals surface area contributed by atoms with Crippen molar-refractivity contribution in [2.75, 3.05) is 18.7 Å². The lowest BCUT2D eigenvalue weighted by atomic mass is 10.1. The summed E-state index contributed by atoms with van der Waals surface area (Å²) in [4.78, 5) is 17.1. The van der Waals surface area contributed by atoms with E-state index in [1.54, 1.807) is 42.7 Å². The predicted molar refractivity (Wildman–Crippen MR) is 117 cm³/mol. The summed E-state index contributed by atoms with van der Waals surface area (Å²) in [5.74, 6) is 7.03. The van der Waals surface area contributed by atoms with Crippen LogP contribution in [0.1, 0.15) is 11.4 Å². The highest BCUT2D eigenvalue weighted by Gasteiger charge is 2.07. The number of hydrogen-bond acceptors (Lipinski definition) is 8. The fourth-order valence-electron chi connectivity index (χ4n) is 2.81. The summed E-state index contributed by atoms with van der Waals surface area (Å²) in [5, 5.41) is 4.88. The van der Waals surface area contributed by atoms with E-state index in [1.807, 2.05) is 12.1 Å². The van der Waals surface area contributed by atoms with Crippen LogP contribution in [0.4, 0.5) is 11.5 Å². The van der Waals surface area contributed by atoms with Gasteiger partial charge < -0.3 is 10.1 Å². The van der Waals surface area contributed by atoms with Gasteiger partial charge in [0.1, 0.15) is 23.5 Å². The molecule has 0 aliphatic carbocycles. The Kier molecular flexibility index (Phi) is 5.47. The molecule has 0 bridgehead atoms. The lowest BCUT2D eigenvalue weighted by Crippen LogP contribution is -1.98. The van der Waals surface area contributed by atoms with Crippen LogP contribution in [0.25, 0.3) is 10.8 Å². The maximum Gasteiger partial charge on any atom is 0.217 e. The van der Waals surface area contributed by atoms with Gasteiger partial charge in [-0.15, -0.1) is 0 Å². The summed E-state index contributed by atoms with van der Waals surface area (Å²) in [6.45, 7) is 0. The van der Waals surface area contributed by atoms with Gasteiger partial charge in [-0.3, -0.25) is 0 Å². The minimum absolute atomic E-state index is 0.257. The molecule has 31 heavy (non-hydrogen) atoms. The Balaban J connectivity index is 1.65. The quantitative estimate of drug-likeness (QED) is 0.492. The van der Waals surface area contributed by atoms with Gasteiger partial charge in [0, 0.05) is 41.2 Å². The van der Waals surface area contributed by atoms with Crippen LogP contribution in [0, 0.1) is 11.8 Å². The van der Waals surface area contributed by atoms with E-state index in [2.05, 4.69) is 37.1 Å². The number of ether oxygens (including phenoxy) is 1. The van der Waals surface area contributed by atoms with Crippen LogP contribution in [-0.4, -0.2) is 41.7 Å². The SMILES string of the molecule is COc1cc(C#Cc2nccc3cnc(Nc4ccc(S(C)(=O)=O)cc4)cc23)ncn1. The molecule has 0 unspecified atom stereocenters. The average molecular weight is 431 g/mol. The number of nitrogens with one attached hydrogen (secondary N) is 1. The number of methoxy groups -OCH3 is 1. The third kappa shape index (κ3) is 4.76. The molecule has 0 aliphatic heterocycles. The maximum atomic E-state index is 11.6. The fourth-order valence-corrected chi connectivity index (χ4v) is 3.44. The molecule has 0 amide bonds.